The highest BCUT2D eigenvalue weighted by molar-refractivity contribution is 6.19. The quantitative estimate of drug-likeness (QED) is 0.166. The maximum absolute atomic E-state index is 6.64. The zero-order chi connectivity index (χ0) is 35.8. The Morgan fingerprint density at radius 2 is 0.907 bits per heavy atom. The van der Waals surface area contributed by atoms with Crippen LogP contribution in [-0.4, -0.2) is 0 Å². The van der Waals surface area contributed by atoms with E-state index >= 15 is 0 Å². The van der Waals surface area contributed by atoms with Crippen molar-refractivity contribution in [2.45, 2.75) is 0 Å². The Kier molecular flexibility index (Phi) is 7.85. The SMILES string of the molecule is c1ccc(-c2cccc(-c3ccc(N(c4cccc(-c5ccccc5)c4)c4ccccc4-c4cccc5oc6c7ccccc7ccc6c45)cc3)c2)cc1. The first kappa shape index (κ1) is 31.6. The van der Waals surface area contributed by atoms with E-state index in [0.29, 0.717) is 0 Å². The highest BCUT2D eigenvalue weighted by Gasteiger charge is 2.21. The molecule has 0 aliphatic carbocycles. The summed E-state index contributed by atoms with van der Waals surface area (Å²) in [6.45, 7) is 0. The Morgan fingerprint density at radius 1 is 0.333 bits per heavy atom. The minimum atomic E-state index is 0.883. The van der Waals surface area contributed by atoms with Gasteiger partial charge in [0, 0.05) is 33.1 Å². The predicted octanol–water partition coefficient (Wildman–Crippen LogP) is 14.9. The average Bonchev–Trinajstić information content (AvgIpc) is 3.65. The fourth-order valence-electron chi connectivity index (χ4n) is 7.87. The highest BCUT2D eigenvalue weighted by Crippen LogP contribution is 2.46. The van der Waals surface area contributed by atoms with Crippen LogP contribution in [0.3, 0.4) is 0 Å². The van der Waals surface area contributed by atoms with Gasteiger partial charge in [-0.2, -0.15) is 0 Å². The number of rotatable bonds is 7. The molecule has 1 heterocycles. The fraction of sp³-hybridized carbons (Fsp3) is 0. The molecule has 0 bridgehead atoms. The summed E-state index contributed by atoms with van der Waals surface area (Å²) in [7, 11) is 0. The molecule has 54 heavy (non-hydrogen) atoms. The van der Waals surface area contributed by atoms with Crippen LogP contribution in [0.15, 0.2) is 217 Å². The van der Waals surface area contributed by atoms with Crippen molar-refractivity contribution in [3.8, 4) is 44.5 Å². The molecule has 0 aliphatic rings. The minimum Gasteiger partial charge on any atom is -0.455 e. The number of para-hydroxylation sites is 1. The Labute approximate surface area is 314 Å². The summed E-state index contributed by atoms with van der Waals surface area (Å²) < 4.78 is 6.64. The second kappa shape index (κ2) is 13.4. The number of nitrogens with zero attached hydrogens (tertiary/aromatic N) is 1. The Bertz CT molecular complexity index is 2920. The summed E-state index contributed by atoms with van der Waals surface area (Å²) in [5, 5.41) is 4.54. The van der Waals surface area contributed by atoms with E-state index in [1.165, 1.54) is 38.8 Å². The van der Waals surface area contributed by atoms with E-state index in [2.05, 4.69) is 217 Å². The normalized spacial score (nSPS) is 11.3. The van der Waals surface area contributed by atoms with Gasteiger partial charge < -0.3 is 9.32 Å². The van der Waals surface area contributed by atoms with Gasteiger partial charge in [0.25, 0.3) is 0 Å². The Morgan fingerprint density at radius 3 is 1.67 bits per heavy atom. The van der Waals surface area contributed by atoms with Gasteiger partial charge in [0.1, 0.15) is 11.2 Å². The van der Waals surface area contributed by atoms with Gasteiger partial charge in [-0.15, -0.1) is 0 Å². The van der Waals surface area contributed by atoms with Crippen molar-refractivity contribution in [1.82, 2.24) is 0 Å². The van der Waals surface area contributed by atoms with Crippen LogP contribution in [0, 0.1) is 0 Å². The molecule has 0 saturated carbocycles. The molecule has 0 N–H and O–H groups in total. The Hall–Kier alpha value is -7.16. The molecule has 0 aliphatic heterocycles. The molecule has 254 valence electrons. The van der Waals surface area contributed by atoms with Gasteiger partial charge in [-0.25, -0.2) is 0 Å². The van der Waals surface area contributed by atoms with Gasteiger partial charge in [0.2, 0.25) is 0 Å². The smallest absolute Gasteiger partial charge is 0.143 e. The van der Waals surface area contributed by atoms with Gasteiger partial charge in [0.05, 0.1) is 5.69 Å². The number of anilines is 3. The molecule has 0 spiro atoms. The van der Waals surface area contributed by atoms with Crippen LogP contribution in [0.2, 0.25) is 0 Å². The molecule has 0 saturated heterocycles. The number of fused-ring (bicyclic) bond motifs is 5. The molecule has 10 rings (SSSR count). The summed E-state index contributed by atoms with van der Waals surface area (Å²) in [5.74, 6) is 0. The van der Waals surface area contributed by atoms with Crippen LogP contribution in [0.25, 0.3) is 77.2 Å². The van der Waals surface area contributed by atoms with E-state index in [9.17, 15) is 0 Å². The van der Waals surface area contributed by atoms with Gasteiger partial charge in [0.15, 0.2) is 0 Å². The third-order valence-corrected chi connectivity index (χ3v) is 10.5. The lowest BCUT2D eigenvalue weighted by Crippen LogP contribution is -2.11. The number of hydrogen-bond acceptors (Lipinski definition) is 2. The maximum atomic E-state index is 6.64. The van der Waals surface area contributed by atoms with Crippen molar-refractivity contribution in [2.24, 2.45) is 0 Å². The molecule has 0 unspecified atom stereocenters. The van der Waals surface area contributed by atoms with Crippen molar-refractivity contribution in [2.75, 3.05) is 4.90 Å². The van der Waals surface area contributed by atoms with Crippen molar-refractivity contribution in [3.05, 3.63) is 212 Å². The topological polar surface area (TPSA) is 16.4 Å². The lowest BCUT2D eigenvalue weighted by molar-refractivity contribution is 0.673. The van der Waals surface area contributed by atoms with Crippen molar-refractivity contribution >= 4 is 49.8 Å². The van der Waals surface area contributed by atoms with E-state index in [4.69, 9.17) is 4.42 Å². The van der Waals surface area contributed by atoms with Crippen molar-refractivity contribution in [3.63, 3.8) is 0 Å². The van der Waals surface area contributed by atoms with Crippen LogP contribution in [0.4, 0.5) is 17.1 Å². The molecule has 1 aromatic heterocycles. The zero-order valence-electron chi connectivity index (χ0n) is 29.6. The lowest BCUT2D eigenvalue weighted by Gasteiger charge is -2.28. The zero-order valence-corrected chi connectivity index (χ0v) is 29.6. The van der Waals surface area contributed by atoms with E-state index in [1.54, 1.807) is 0 Å². The molecule has 10 aromatic rings. The first-order valence-corrected chi connectivity index (χ1v) is 18.4. The number of hydrogen-bond donors (Lipinski definition) is 0. The van der Waals surface area contributed by atoms with Gasteiger partial charge in [-0.3, -0.25) is 0 Å². The summed E-state index contributed by atoms with van der Waals surface area (Å²) >= 11 is 0. The summed E-state index contributed by atoms with van der Waals surface area (Å²) in [6.07, 6.45) is 0. The number of benzene rings is 9. The lowest BCUT2D eigenvalue weighted by atomic mass is 9.95. The molecule has 2 heteroatoms. The van der Waals surface area contributed by atoms with E-state index in [0.717, 1.165) is 55.5 Å². The average molecular weight is 690 g/mol. The molecular weight excluding hydrogens is 655 g/mol. The second-order valence-corrected chi connectivity index (χ2v) is 13.7. The number of furan rings is 1. The van der Waals surface area contributed by atoms with Crippen LogP contribution in [-0.2, 0) is 0 Å². The monoisotopic (exact) mass is 689 g/mol. The molecule has 0 radical (unpaired) electrons. The largest absolute Gasteiger partial charge is 0.455 e. The predicted molar refractivity (Wildman–Crippen MR) is 228 cm³/mol. The fourth-order valence-corrected chi connectivity index (χ4v) is 7.87. The van der Waals surface area contributed by atoms with Gasteiger partial charge >= 0.3 is 0 Å². The molecule has 9 aromatic carbocycles. The maximum Gasteiger partial charge on any atom is 0.143 e. The van der Waals surface area contributed by atoms with Gasteiger partial charge in [-0.05, 0) is 92.9 Å². The summed E-state index contributed by atoms with van der Waals surface area (Å²) in [4.78, 5) is 2.39. The Balaban J connectivity index is 1.14. The van der Waals surface area contributed by atoms with Crippen LogP contribution in [0.5, 0.6) is 0 Å². The molecular formula is C52H35NO. The standard InChI is InChI=1S/C52H35NO/c1-3-14-36(15-4-1)40-19-11-20-41(34-40)38-28-31-43(32-29-38)53(44-22-12-21-42(35-44)37-16-5-2-6-17-37)49-26-10-9-24-46(49)47-25-13-27-50-51(47)48-33-30-39-18-7-8-23-45(39)52(48)54-50/h1-35H. The van der Waals surface area contributed by atoms with Crippen LogP contribution >= 0.6 is 0 Å². The van der Waals surface area contributed by atoms with E-state index in [1.807, 2.05) is 0 Å². The third kappa shape index (κ3) is 5.62. The third-order valence-electron chi connectivity index (χ3n) is 10.5. The second-order valence-electron chi connectivity index (χ2n) is 13.7. The summed E-state index contributed by atoms with van der Waals surface area (Å²) in [5.41, 5.74) is 14.4. The van der Waals surface area contributed by atoms with E-state index < -0.39 is 0 Å². The highest BCUT2D eigenvalue weighted by atomic mass is 16.3. The van der Waals surface area contributed by atoms with Crippen LogP contribution in [0.1, 0.15) is 0 Å². The molecule has 0 amide bonds. The van der Waals surface area contributed by atoms with E-state index in [-0.39, 0.29) is 0 Å². The minimum absolute atomic E-state index is 0.883. The summed E-state index contributed by atoms with van der Waals surface area (Å²) in [6, 6.07) is 75.8. The molecule has 2 nitrogen and oxygen atoms in total. The first-order chi connectivity index (χ1) is 26.8. The molecule has 0 atom stereocenters. The van der Waals surface area contributed by atoms with Crippen molar-refractivity contribution in [1.29, 1.82) is 0 Å². The van der Waals surface area contributed by atoms with Crippen LogP contribution < -0.4 is 4.90 Å². The van der Waals surface area contributed by atoms with Crippen molar-refractivity contribution < 1.29 is 4.42 Å². The van der Waals surface area contributed by atoms with Gasteiger partial charge in [-0.1, -0.05) is 164 Å². The first-order valence-electron chi connectivity index (χ1n) is 18.4. The molecule has 0 fully saturated rings.